The second-order valence-corrected chi connectivity index (χ2v) is 7.26. The van der Waals surface area contributed by atoms with Crippen molar-refractivity contribution in [1.82, 2.24) is 0 Å². The van der Waals surface area contributed by atoms with Gasteiger partial charge in [-0.15, -0.1) is 0 Å². The summed E-state index contributed by atoms with van der Waals surface area (Å²) in [5, 5.41) is 21.6. The molecule has 0 fully saturated rings. The van der Waals surface area contributed by atoms with Gasteiger partial charge in [0.15, 0.2) is 0 Å². The Balaban J connectivity index is 2.07. The average Bonchev–Trinajstić information content (AvgIpc) is 2.52. The van der Waals surface area contributed by atoms with Crippen LogP contribution in [-0.4, -0.2) is 23.3 Å². The first-order valence-corrected chi connectivity index (χ1v) is 8.21. The summed E-state index contributed by atoms with van der Waals surface area (Å²) in [7, 11) is -1.60. The third-order valence-corrected chi connectivity index (χ3v) is 3.51. The largest absolute Gasteiger partial charge is 0.488 e. The molecule has 0 aliphatic carbocycles. The summed E-state index contributed by atoms with van der Waals surface area (Å²) >= 11 is 0. The van der Waals surface area contributed by atoms with Gasteiger partial charge in [0.25, 0.3) is 0 Å². The number of carbonyl (C=O) groups is 1. The Morgan fingerprint density at radius 2 is 1.76 bits per heavy atom. The summed E-state index contributed by atoms with van der Waals surface area (Å²) < 4.78 is 5.20. The van der Waals surface area contributed by atoms with Gasteiger partial charge in [0.1, 0.15) is 6.61 Å². The Bertz CT molecular complexity index is 711. The highest BCUT2D eigenvalue weighted by molar-refractivity contribution is 6.58. The minimum atomic E-state index is -1.60. The molecule has 6 heteroatoms. The molecule has 0 aliphatic rings. The third kappa shape index (κ3) is 6.60. The lowest BCUT2D eigenvalue weighted by Crippen LogP contribution is -2.31. The first-order valence-electron chi connectivity index (χ1n) is 8.21. The van der Waals surface area contributed by atoms with Gasteiger partial charge in [0.05, 0.1) is 0 Å². The Morgan fingerprint density at radius 3 is 2.36 bits per heavy atom. The predicted octanol–water partition coefficient (Wildman–Crippen LogP) is 2.70. The molecule has 0 saturated carbocycles. The zero-order valence-electron chi connectivity index (χ0n) is 14.8. The normalized spacial score (nSPS) is 11.1. The van der Waals surface area contributed by atoms with E-state index >= 15 is 0 Å². The fourth-order valence-electron chi connectivity index (χ4n) is 2.53. The third-order valence-electron chi connectivity index (χ3n) is 3.51. The summed E-state index contributed by atoms with van der Waals surface area (Å²) in [5.74, 6) is 0. The van der Waals surface area contributed by atoms with Crippen LogP contribution in [0, 0.1) is 5.41 Å². The quantitative estimate of drug-likeness (QED) is 0.731. The Kier molecular flexibility index (Phi) is 6.23. The van der Waals surface area contributed by atoms with Gasteiger partial charge in [-0.25, -0.2) is 4.79 Å². The predicted molar refractivity (Wildman–Crippen MR) is 99.7 cm³/mol. The SMILES string of the molecule is CC(C)(C)Cc1cc(NC(=O)OCc2ccccc2)cc(B(O)O)c1. The van der Waals surface area contributed by atoms with E-state index in [1.165, 1.54) is 6.07 Å². The van der Waals surface area contributed by atoms with Crippen LogP contribution in [-0.2, 0) is 17.8 Å². The van der Waals surface area contributed by atoms with Crippen molar-refractivity contribution in [3.63, 3.8) is 0 Å². The molecule has 25 heavy (non-hydrogen) atoms. The van der Waals surface area contributed by atoms with Crippen LogP contribution in [0.4, 0.5) is 10.5 Å². The van der Waals surface area contributed by atoms with Crippen molar-refractivity contribution in [3.8, 4) is 0 Å². The fourth-order valence-corrected chi connectivity index (χ4v) is 2.53. The van der Waals surface area contributed by atoms with Crippen molar-refractivity contribution >= 4 is 24.4 Å². The van der Waals surface area contributed by atoms with Crippen LogP contribution in [0.2, 0.25) is 0 Å². The summed E-state index contributed by atoms with van der Waals surface area (Å²) in [5.41, 5.74) is 2.65. The van der Waals surface area contributed by atoms with Gasteiger partial charge in [-0.1, -0.05) is 57.2 Å². The average molecular weight is 341 g/mol. The number of ether oxygens (including phenoxy) is 1. The highest BCUT2D eigenvalue weighted by atomic mass is 16.5. The Morgan fingerprint density at radius 1 is 1.08 bits per heavy atom. The van der Waals surface area contributed by atoms with Crippen molar-refractivity contribution in [2.45, 2.75) is 33.8 Å². The van der Waals surface area contributed by atoms with Crippen molar-refractivity contribution in [2.24, 2.45) is 5.41 Å². The zero-order valence-corrected chi connectivity index (χ0v) is 14.8. The molecule has 0 atom stereocenters. The minimum absolute atomic E-state index is 0.0319. The van der Waals surface area contributed by atoms with Crippen LogP contribution >= 0.6 is 0 Å². The number of carbonyl (C=O) groups excluding carboxylic acids is 1. The minimum Gasteiger partial charge on any atom is -0.444 e. The molecular formula is C19H24BNO4. The summed E-state index contributed by atoms with van der Waals surface area (Å²) in [6.07, 6.45) is 0.150. The van der Waals surface area contributed by atoms with Crippen LogP contribution in [0.3, 0.4) is 0 Å². The van der Waals surface area contributed by atoms with E-state index in [0.717, 1.165) is 17.5 Å². The second kappa shape index (κ2) is 8.18. The number of anilines is 1. The van der Waals surface area contributed by atoms with Crippen LogP contribution in [0.15, 0.2) is 48.5 Å². The maximum Gasteiger partial charge on any atom is 0.488 e. The number of amides is 1. The standard InChI is InChI=1S/C19H24BNO4/c1-19(2,3)12-15-9-16(20(23)24)11-17(10-15)21-18(22)25-13-14-7-5-4-6-8-14/h4-11,23-24H,12-13H2,1-3H3,(H,21,22). The molecule has 5 nitrogen and oxygen atoms in total. The smallest absolute Gasteiger partial charge is 0.444 e. The van der Waals surface area contributed by atoms with Gasteiger partial charge in [-0.3, -0.25) is 5.32 Å². The molecule has 0 bridgehead atoms. The number of nitrogens with one attached hydrogen (secondary N) is 1. The molecule has 3 N–H and O–H groups in total. The lowest BCUT2D eigenvalue weighted by Gasteiger charge is -2.19. The van der Waals surface area contributed by atoms with Crippen molar-refractivity contribution < 1.29 is 19.6 Å². The van der Waals surface area contributed by atoms with Crippen molar-refractivity contribution in [3.05, 3.63) is 59.7 Å². The molecule has 0 radical (unpaired) electrons. The van der Waals surface area contributed by atoms with E-state index < -0.39 is 13.2 Å². The molecule has 1 amide bonds. The molecule has 0 spiro atoms. The first-order chi connectivity index (χ1) is 11.7. The van der Waals surface area contributed by atoms with E-state index in [0.29, 0.717) is 11.2 Å². The Hall–Kier alpha value is -2.31. The first kappa shape index (κ1) is 19.0. The number of benzene rings is 2. The van der Waals surface area contributed by atoms with E-state index in [4.69, 9.17) is 4.74 Å². The highest BCUT2D eigenvalue weighted by Crippen LogP contribution is 2.22. The molecule has 2 aromatic carbocycles. The summed E-state index contributed by atoms with van der Waals surface area (Å²) in [4.78, 5) is 12.0. The monoisotopic (exact) mass is 341 g/mol. The van der Waals surface area contributed by atoms with E-state index in [2.05, 4.69) is 26.1 Å². The van der Waals surface area contributed by atoms with Crippen molar-refractivity contribution in [1.29, 1.82) is 0 Å². The van der Waals surface area contributed by atoms with Crippen LogP contribution < -0.4 is 10.8 Å². The Labute approximate surface area is 148 Å². The highest BCUT2D eigenvalue weighted by Gasteiger charge is 2.17. The maximum absolute atomic E-state index is 12.0. The molecule has 132 valence electrons. The number of rotatable bonds is 5. The number of hydrogen-bond donors (Lipinski definition) is 3. The molecule has 2 aromatic rings. The molecule has 0 unspecified atom stereocenters. The maximum atomic E-state index is 12.0. The molecule has 0 saturated heterocycles. The van der Waals surface area contributed by atoms with Gasteiger partial charge >= 0.3 is 13.2 Å². The molecular weight excluding hydrogens is 317 g/mol. The van der Waals surface area contributed by atoms with Gasteiger partial charge in [0, 0.05) is 5.69 Å². The summed E-state index contributed by atoms with van der Waals surface area (Å²) in [6.45, 7) is 6.45. The van der Waals surface area contributed by atoms with Crippen molar-refractivity contribution in [2.75, 3.05) is 5.32 Å². The van der Waals surface area contributed by atoms with Gasteiger partial charge < -0.3 is 14.8 Å². The van der Waals surface area contributed by atoms with Gasteiger partial charge in [0.2, 0.25) is 0 Å². The molecule has 2 rings (SSSR count). The topological polar surface area (TPSA) is 78.8 Å². The van der Waals surface area contributed by atoms with Gasteiger partial charge in [-0.2, -0.15) is 0 Å². The fraction of sp³-hybridized carbons (Fsp3) is 0.316. The van der Waals surface area contributed by atoms with E-state index in [-0.39, 0.29) is 12.0 Å². The molecule has 0 heterocycles. The van der Waals surface area contributed by atoms with E-state index in [1.807, 2.05) is 36.4 Å². The lowest BCUT2D eigenvalue weighted by molar-refractivity contribution is 0.155. The zero-order chi connectivity index (χ0) is 18.4. The van der Waals surface area contributed by atoms with E-state index in [1.54, 1.807) is 6.07 Å². The van der Waals surface area contributed by atoms with Crippen LogP contribution in [0.25, 0.3) is 0 Å². The van der Waals surface area contributed by atoms with Crippen LogP contribution in [0.1, 0.15) is 31.9 Å². The lowest BCUT2D eigenvalue weighted by atomic mass is 9.77. The van der Waals surface area contributed by atoms with Crippen LogP contribution in [0.5, 0.6) is 0 Å². The van der Waals surface area contributed by atoms with E-state index in [9.17, 15) is 14.8 Å². The molecule has 0 aliphatic heterocycles. The second-order valence-electron chi connectivity index (χ2n) is 7.26. The number of hydrogen-bond acceptors (Lipinski definition) is 4. The summed E-state index contributed by atoms with van der Waals surface area (Å²) in [6, 6.07) is 14.5. The van der Waals surface area contributed by atoms with Gasteiger partial charge in [-0.05, 0) is 40.6 Å². The molecule has 0 aromatic heterocycles.